The number of nitrogens with zero attached hydrogens (tertiary/aromatic N) is 4. The van der Waals surface area contributed by atoms with Gasteiger partial charge in [-0.2, -0.15) is 18.2 Å². The smallest absolute Gasteiger partial charge is 0.352 e. The number of aromatic nitrogens is 2. The molecule has 1 fully saturated rings. The summed E-state index contributed by atoms with van der Waals surface area (Å²) in [4.78, 5) is 9.79. The van der Waals surface area contributed by atoms with E-state index in [-0.39, 0.29) is 11.5 Å². The third-order valence-electron chi connectivity index (χ3n) is 3.76. The lowest BCUT2D eigenvalue weighted by Crippen LogP contribution is -2.45. The van der Waals surface area contributed by atoms with Gasteiger partial charge in [0.1, 0.15) is 0 Å². The van der Waals surface area contributed by atoms with E-state index in [1.807, 2.05) is 20.8 Å². The molecule has 1 saturated heterocycles. The van der Waals surface area contributed by atoms with E-state index < -0.39 is 12.7 Å². The Balaban J connectivity index is 1.81. The van der Waals surface area contributed by atoms with Crippen LogP contribution in [0.1, 0.15) is 38.9 Å². The number of alkyl halides is 3. The minimum Gasteiger partial charge on any atom is -0.352 e. The van der Waals surface area contributed by atoms with E-state index >= 15 is 0 Å². The summed E-state index contributed by atoms with van der Waals surface area (Å²) >= 11 is 0. The minimum absolute atomic E-state index is 0.0797. The Labute approximate surface area is 145 Å². The van der Waals surface area contributed by atoms with E-state index in [0.29, 0.717) is 43.7 Å². The van der Waals surface area contributed by atoms with Crippen LogP contribution in [0, 0.1) is 0 Å². The van der Waals surface area contributed by atoms with Gasteiger partial charge in [0.2, 0.25) is 5.89 Å². The summed E-state index contributed by atoms with van der Waals surface area (Å²) in [5.41, 5.74) is -0.225. The first-order valence-electron chi connectivity index (χ1n) is 8.16. The summed E-state index contributed by atoms with van der Waals surface area (Å²) in [6, 6.07) is -0.0797. The fourth-order valence-corrected chi connectivity index (χ4v) is 2.53. The van der Waals surface area contributed by atoms with Gasteiger partial charge in [-0.15, -0.1) is 0 Å². The Morgan fingerprint density at radius 2 is 2.08 bits per heavy atom. The molecule has 1 aliphatic heterocycles. The zero-order valence-electron chi connectivity index (χ0n) is 14.9. The number of halogens is 3. The normalized spacial score (nSPS) is 20.1. The molecule has 1 aliphatic rings. The number of likely N-dealkylation sites (tertiary alicyclic amines) is 1. The molecule has 1 atom stereocenters. The van der Waals surface area contributed by atoms with Crippen LogP contribution in [0.5, 0.6) is 0 Å². The van der Waals surface area contributed by atoms with Crippen LogP contribution < -0.4 is 10.6 Å². The van der Waals surface area contributed by atoms with Gasteiger partial charge in [-0.3, -0.25) is 9.89 Å². The van der Waals surface area contributed by atoms with E-state index in [2.05, 4.69) is 25.8 Å². The Kier molecular flexibility index (Phi) is 5.91. The van der Waals surface area contributed by atoms with Gasteiger partial charge in [0, 0.05) is 31.6 Å². The van der Waals surface area contributed by atoms with E-state index in [1.54, 1.807) is 7.05 Å². The zero-order valence-corrected chi connectivity index (χ0v) is 14.9. The van der Waals surface area contributed by atoms with Crippen molar-refractivity contribution in [2.24, 2.45) is 4.99 Å². The van der Waals surface area contributed by atoms with Crippen LogP contribution in [-0.2, 0) is 12.0 Å². The fourth-order valence-electron chi connectivity index (χ4n) is 2.53. The molecule has 2 heterocycles. The Morgan fingerprint density at radius 3 is 2.64 bits per heavy atom. The molecular weight excluding hydrogens is 337 g/mol. The molecule has 2 rings (SSSR count). The van der Waals surface area contributed by atoms with E-state index in [0.717, 1.165) is 0 Å². The van der Waals surface area contributed by atoms with Gasteiger partial charge in [-0.05, 0) is 6.42 Å². The monoisotopic (exact) mass is 362 g/mol. The maximum atomic E-state index is 12.4. The molecule has 142 valence electrons. The van der Waals surface area contributed by atoms with Gasteiger partial charge in [-0.25, -0.2) is 0 Å². The second-order valence-electron chi connectivity index (χ2n) is 7.17. The molecule has 7 nitrogen and oxygen atoms in total. The second-order valence-corrected chi connectivity index (χ2v) is 7.17. The van der Waals surface area contributed by atoms with Gasteiger partial charge in [0.05, 0.1) is 13.1 Å². The van der Waals surface area contributed by atoms with Gasteiger partial charge in [0.25, 0.3) is 0 Å². The molecule has 0 aromatic carbocycles. The number of rotatable bonds is 4. The highest BCUT2D eigenvalue weighted by molar-refractivity contribution is 5.79. The first-order valence-corrected chi connectivity index (χ1v) is 8.16. The Morgan fingerprint density at radius 1 is 1.36 bits per heavy atom. The number of hydrogen-bond acceptors (Lipinski definition) is 5. The standard InChI is InChI=1S/C15H25F3N6O/c1-14(2,3)12-22-11(23-25-12)7-20-13(19-4)21-10-5-6-24(8-10)9-15(16,17)18/h10H,5-9H2,1-4H3,(H2,19,20,21). The number of aliphatic imine (C=N–C) groups is 1. The van der Waals surface area contributed by atoms with Crippen molar-refractivity contribution in [1.29, 1.82) is 0 Å². The number of hydrogen-bond donors (Lipinski definition) is 2. The molecule has 0 aliphatic carbocycles. The minimum atomic E-state index is -4.17. The first kappa shape index (κ1) is 19.5. The van der Waals surface area contributed by atoms with Gasteiger partial charge in [-0.1, -0.05) is 25.9 Å². The predicted octanol–water partition coefficient (Wildman–Crippen LogP) is 1.67. The molecule has 0 bridgehead atoms. The lowest BCUT2D eigenvalue weighted by atomic mass is 9.97. The molecule has 1 aromatic heterocycles. The summed E-state index contributed by atoms with van der Waals surface area (Å²) in [5.74, 6) is 1.55. The maximum absolute atomic E-state index is 12.4. The summed E-state index contributed by atoms with van der Waals surface area (Å²) in [5, 5.41) is 10.1. The SMILES string of the molecule is CN=C(NCc1noc(C(C)(C)C)n1)NC1CCN(CC(F)(F)F)C1. The molecule has 0 spiro atoms. The lowest BCUT2D eigenvalue weighted by molar-refractivity contribution is -0.143. The lowest BCUT2D eigenvalue weighted by Gasteiger charge is -2.19. The van der Waals surface area contributed by atoms with Crippen molar-refractivity contribution < 1.29 is 17.7 Å². The summed E-state index contributed by atoms with van der Waals surface area (Å²) in [6.45, 7) is 6.11. The van der Waals surface area contributed by atoms with Gasteiger partial charge >= 0.3 is 6.18 Å². The average molecular weight is 362 g/mol. The summed E-state index contributed by atoms with van der Waals surface area (Å²) in [6.07, 6.45) is -3.54. The van der Waals surface area contributed by atoms with Crippen molar-refractivity contribution in [2.75, 3.05) is 26.7 Å². The largest absolute Gasteiger partial charge is 0.401 e. The van der Waals surface area contributed by atoms with Crippen LogP contribution in [0.2, 0.25) is 0 Å². The Bertz CT molecular complexity index is 593. The molecule has 1 unspecified atom stereocenters. The number of nitrogens with one attached hydrogen (secondary N) is 2. The Hall–Kier alpha value is -1.84. The molecule has 0 saturated carbocycles. The van der Waals surface area contributed by atoms with Crippen molar-refractivity contribution in [3.05, 3.63) is 11.7 Å². The van der Waals surface area contributed by atoms with Crippen molar-refractivity contribution in [3.8, 4) is 0 Å². The van der Waals surface area contributed by atoms with Crippen molar-refractivity contribution >= 4 is 5.96 Å². The molecule has 0 radical (unpaired) electrons. The van der Waals surface area contributed by atoms with Crippen molar-refractivity contribution in [2.45, 2.75) is 51.4 Å². The first-order chi connectivity index (χ1) is 11.6. The van der Waals surface area contributed by atoms with Crippen LogP contribution in [0.4, 0.5) is 13.2 Å². The summed E-state index contributed by atoms with van der Waals surface area (Å²) < 4.78 is 42.5. The number of guanidine groups is 1. The molecule has 0 amide bonds. The molecule has 25 heavy (non-hydrogen) atoms. The van der Waals surface area contributed by atoms with E-state index in [4.69, 9.17) is 4.52 Å². The highest BCUT2D eigenvalue weighted by Crippen LogP contribution is 2.20. The average Bonchev–Trinajstić information content (AvgIpc) is 3.10. The van der Waals surface area contributed by atoms with Crippen LogP contribution in [-0.4, -0.2) is 59.9 Å². The topological polar surface area (TPSA) is 78.6 Å². The van der Waals surface area contributed by atoms with Gasteiger partial charge < -0.3 is 15.2 Å². The van der Waals surface area contributed by atoms with E-state index in [9.17, 15) is 13.2 Å². The van der Waals surface area contributed by atoms with Crippen molar-refractivity contribution in [1.82, 2.24) is 25.7 Å². The van der Waals surface area contributed by atoms with Crippen LogP contribution in [0.25, 0.3) is 0 Å². The second kappa shape index (κ2) is 7.59. The van der Waals surface area contributed by atoms with E-state index in [1.165, 1.54) is 4.90 Å². The molecular formula is C15H25F3N6O. The summed E-state index contributed by atoms with van der Waals surface area (Å²) in [7, 11) is 1.61. The quantitative estimate of drug-likeness (QED) is 0.627. The zero-order chi connectivity index (χ0) is 18.7. The molecule has 10 heteroatoms. The highest BCUT2D eigenvalue weighted by atomic mass is 19.4. The van der Waals surface area contributed by atoms with Crippen LogP contribution in [0.3, 0.4) is 0 Å². The van der Waals surface area contributed by atoms with Crippen LogP contribution in [0.15, 0.2) is 9.52 Å². The predicted molar refractivity (Wildman–Crippen MR) is 87.2 cm³/mol. The molecule has 2 N–H and O–H groups in total. The van der Waals surface area contributed by atoms with Crippen LogP contribution >= 0.6 is 0 Å². The fraction of sp³-hybridized carbons (Fsp3) is 0.800. The van der Waals surface area contributed by atoms with Gasteiger partial charge in [0.15, 0.2) is 11.8 Å². The highest BCUT2D eigenvalue weighted by Gasteiger charge is 2.34. The maximum Gasteiger partial charge on any atom is 0.401 e. The third-order valence-corrected chi connectivity index (χ3v) is 3.76. The third kappa shape index (κ3) is 6.18. The van der Waals surface area contributed by atoms with Crippen molar-refractivity contribution in [3.63, 3.8) is 0 Å². The molecule has 1 aromatic rings.